The van der Waals surface area contributed by atoms with Gasteiger partial charge in [-0.25, -0.2) is 0 Å². The largest absolute Gasteiger partial charge is 0.350 e. The van der Waals surface area contributed by atoms with Crippen molar-refractivity contribution in [2.24, 2.45) is 0 Å². The quantitative estimate of drug-likeness (QED) is 0.827. The van der Waals surface area contributed by atoms with Crippen LogP contribution in [0.15, 0.2) is 35.4 Å². The summed E-state index contributed by atoms with van der Waals surface area (Å²) in [5, 5.41) is 7.51. The summed E-state index contributed by atoms with van der Waals surface area (Å²) in [5.74, 6) is 0.964. The van der Waals surface area contributed by atoms with E-state index in [1.165, 1.54) is 24.1 Å². The number of nitrogens with zero attached hydrogens (tertiary/aromatic N) is 2. The minimum atomic E-state index is 0.00238. The number of hydrogen-bond donors (Lipinski definition) is 1. The zero-order chi connectivity index (χ0) is 16.1. The number of fused-ring (bicyclic) bond motifs is 1. The number of thioether (sulfide) groups is 1. The summed E-state index contributed by atoms with van der Waals surface area (Å²) >= 11 is 1.70. The molecule has 0 radical (unpaired) electrons. The van der Waals surface area contributed by atoms with Crippen molar-refractivity contribution in [2.75, 3.05) is 12.3 Å². The second-order valence-corrected chi connectivity index (χ2v) is 7.04. The second kappa shape index (κ2) is 7.68. The Bertz CT molecular complexity index is 681. The molecule has 0 saturated carbocycles. The number of aryl methyl sites for hydroxylation is 1. The number of aromatic nitrogens is 2. The molecule has 1 aliphatic rings. The van der Waals surface area contributed by atoms with E-state index in [4.69, 9.17) is 0 Å². The maximum absolute atomic E-state index is 12.4. The number of carbonyl (C=O) groups excluding carboxylic acids is 1. The van der Waals surface area contributed by atoms with Crippen molar-refractivity contribution in [2.45, 2.75) is 44.0 Å². The molecule has 5 heteroatoms. The van der Waals surface area contributed by atoms with E-state index in [-0.39, 0.29) is 5.91 Å². The number of benzene rings is 1. The lowest BCUT2D eigenvalue weighted by atomic mass is 9.98. The van der Waals surface area contributed by atoms with Gasteiger partial charge in [0.05, 0.1) is 18.3 Å². The van der Waals surface area contributed by atoms with Crippen molar-refractivity contribution in [3.8, 4) is 0 Å². The summed E-state index contributed by atoms with van der Waals surface area (Å²) < 4.78 is 2.06. The smallest absolute Gasteiger partial charge is 0.252 e. The lowest BCUT2D eigenvalue weighted by Gasteiger charge is -2.14. The van der Waals surface area contributed by atoms with Gasteiger partial charge in [-0.3, -0.25) is 9.48 Å². The summed E-state index contributed by atoms with van der Waals surface area (Å²) in [6.45, 7) is 3.45. The number of hydrogen-bond acceptors (Lipinski definition) is 3. The minimum Gasteiger partial charge on any atom is -0.350 e. The first-order valence-corrected chi connectivity index (χ1v) is 9.31. The van der Waals surface area contributed by atoms with Crippen molar-refractivity contribution < 1.29 is 4.79 Å². The average Bonchev–Trinajstić information content (AvgIpc) is 2.99. The van der Waals surface area contributed by atoms with E-state index in [1.54, 1.807) is 11.8 Å². The molecule has 0 atom stereocenters. The Hall–Kier alpha value is -1.75. The Kier molecular flexibility index (Phi) is 5.39. The monoisotopic (exact) mass is 329 g/mol. The Morgan fingerprint density at radius 2 is 2.13 bits per heavy atom. The van der Waals surface area contributed by atoms with Crippen LogP contribution in [0, 0.1) is 0 Å². The first-order valence-electron chi connectivity index (χ1n) is 8.33. The molecule has 122 valence electrons. The average molecular weight is 329 g/mol. The molecule has 1 amide bonds. The van der Waals surface area contributed by atoms with Gasteiger partial charge >= 0.3 is 0 Å². The van der Waals surface area contributed by atoms with Crippen molar-refractivity contribution in [1.82, 2.24) is 15.1 Å². The van der Waals surface area contributed by atoms with Crippen molar-refractivity contribution in [1.29, 1.82) is 0 Å². The van der Waals surface area contributed by atoms with Crippen LogP contribution < -0.4 is 5.32 Å². The van der Waals surface area contributed by atoms with E-state index >= 15 is 0 Å². The molecule has 0 bridgehead atoms. The summed E-state index contributed by atoms with van der Waals surface area (Å²) in [6.07, 6.45) is 6.75. The predicted molar refractivity (Wildman–Crippen MR) is 94.0 cm³/mol. The maximum Gasteiger partial charge on any atom is 0.252 e. The van der Waals surface area contributed by atoms with Crippen LogP contribution in [0.3, 0.4) is 0 Å². The first kappa shape index (κ1) is 16.1. The maximum atomic E-state index is 12.4. The van der Waals surface area contributed by atoms with E-state index < -0.39 is 0 Å². The fourth-order valence-corrected chi connectivity index (χ4v) is 3.86. The van der Waals surface area contributed by atoms with Gasteiger partial charge in [0.2, 0.25) is 0 Å². The van der Waals surface area contributed by atoms with E-state index in [0.717, 1.165) is 35.6 Å². The molecule has 0 saturated heterocycles. The number of amides is 1. The van der Waals surface area contributed by atoms with Gasteiger partial charge in [-0.2, -0.15) is 5.10 Å². The lowest BCUT2D eigenvalue weighted by molar-refractivity contribution is 0.0949. The molecule has 4 nitrogen and oxygen atoms in total. The molecule has 1 heterocycles. The number of carbonyl (C=O) groups is 1. The molecule has 1 N–H and O–H groups in total. The highest BCUT2D eigenvalue weighted by Gasteiger charge is 2.15. The normalized spacial score (nSPS) is 13.6. The molecule has 0 spiro atoms. The van der Waals surface area contributed by atoms with Gasteiger partial charge in [0, 0.05) is 17.1 Å². The van der Waals surface area contributed by atoms with Gasteiger partial charge in [-0.15, -0.1) is 11.8 Å². The number of rotatable bonds is 6. The highest BCUT2D eigenvalue weighted by molar-refractivity contribution is 7.99. The van der Waals surface area contributed by atoms with Crippen LogP contribution in [0.25, 0.3) is 0 Å². The third kappa shape index (κ3) is 3.78. The Morgan fingerprint density at radius 1 is 1.30 bits per heavy atom. The van der Waals surface area contributed by atoms with E-state index in [2.05, 4.69) is 22.0 Å². The van der Waals surface area contributed by atoms with Gasteiger partial charge in [0.25, 0.3) is 5.91 Å². The van der Waals surface area contributed by atoms with Crippen LogP contribution in [-0.4, -0.2) is 28.0 Å². The fraction of sp³-hybridized carbons (Fsp3) is 0.444. The predicted octanol–water partition coefficient (Wildman–Crippen LogP) is 3.30. The second-order valence-electron chi connectivity index (χ2n) is 5.73. The standard InChI is InChI=1S/C18H23N3OS/c1-2-23-17-10-6-4-8-15(17)18(22)19-11-12-21-16-9-5-3-7-14(16)13-20-21/h4,6,8,10,13H,2-3,5,7,9,11-12H2,1H3,(H,19,22). The molecule has 1 aromatic heterocycles. The molecule has 23 heavy (non-hydrogen) atoms. The fourth-order valence-electron chi connectivity index (χ4n) is 3.05. The van der Waals surface area contributed by atoms with Gasteiger partial charge in [0.1, 0.15) is 0 Å². The van der Waals surface area contributed by atoms with Gasteiger partial charge < -0.3 is 5.32 Å². The molecule has 0 aliphatic heterocycles. The van der Waals surface area contributed by atoms with Gasteiger partial charge in [-0.1, -0.05) is 19.1 Å². The first-order chi connectivity index (χ1) is 11.3. The SMILES string of the molecule is CCSc1ccccc1C(=O)NCCn1ncc2c1CCCC2. The Morgan fingerprint density at radius 3 is 3.00 bits per heavy atom. The lowest BCUT2D eigenvalue weighted by Crippen LogP contribution is -2.28. The zero-order valence-corrected chi connectivity index (χ0v) is 14.4. The molecular formula is C18H23N3OS. The molecule has 1 aromatic carbocycles. The van der Waals surface area contributed by atoms with E-state index in [0.29, 0.717) is 6.54 Å². The highest BCUT2D eigenvalue weighted by atomic mass is 32.2. The third-order valence-corrected chi connectivity index (χ3v) is 5.14. The summed E-state index contributed by atoms with van der Waals surface area (Å²) in [6, 6.07) is 7.79. The van der Waals surface area contributed by atoms with Gasteiger partial charge in [0.15, 0.2) is 0 Å². The Labute approximate surface area is 141 Å². The van der Waals surface area contributed by atoms with Crippen molar-refractivity contribution in [3.63, 3.8) is 0 Å². The third-order valence-electron chi connectivity index (χ3n) is 4.19. The van der Waals surface area contributed by atoms with Crippen molar-refractivity contribution >= 4 is 17.7 Å². The molecule has 3 rings (SSSR count). The van der Waals surface area contributed by atoms with Crippen LogP contribution >= 0.6 is 11.8 Å². The van der Waals surface area contributed by atoms with E-state index in [9.17, 15) is 4.79 Å². The van der Waals surface area contributed by atoms with Crippen molar-refractivity contribution in [3.05, 3.63) is 47.3 Å². The molecular weight excluding hydrogens is 306 g/mol. The summed E-state index contributed by atoms with van der Waals surface area (Å²) in [5.41, 5.74) is 3.50. The van der Waals surface area contributed by atoms with Crippen LogP contribution in [0.4, 0.5) is 0 Å². The molecule has 0 fully saturated rings. The molecule has 2 aromatic rings. The Balaban J connectivity index is 1.58. The zero-order valence-electron chi connectivity index (χ0n) is 13.5. The van der Waals surface area contributed by atoms with Crippen LogP contribution in [0.5, 0.6) is 0 Å². The number of nitrogens with one attached hydrogen (secondary N) is 1. The molecule has 0 unspecified atom stereocenters. The van der Waals surface area contributed by atoms with Crippen LogP contribution in [0.2, 0.25) is 0 Å². The summed E-state index contributed by atoms with van der Waals surface area (Å²) in [7, 11) is 0. The highest BCUT2D eigenvalue weighted by Crippen LogP contribution is 2.22. The van der Waals surface area contributed by atoms with Crippen LogP contribution in [-0.2, 0) is 19.4 Å². The van der Waals surface area contributed by atoms with Crippen LogP contribution in [0.1, 0.15) is 41.4 Å². The minimum absolute atomic E-state index is 0.00238. The molecule has 1 aliphatic carbocycles. The van der Waals surface area contributed by atoms with Gasteiger partial charge in [-0.05, 0) is 49.1 Å². The van der Waals surface area contributed by atoms with E-state index in [1.807, 2.05) is 30.5 Å². The summed E-state index contributed by atoms with van der Waals surface area (Å²) in [4.78, 5) is 13.4. The topological polar surface area (TPSA) is 46.9 Å².